The Kier molecular flexibility index (Phi) is 3.23. The van der Waals surface area contributed by atoms with Gasteiger partial charge in [0.05, 0.1) is 0 Å². The van der Waals surface area contributed by atoms with Gasteiger partial charge >= 0.3 is 0 Å². The van der Waals surface area contributed by atoms with Crippen LogP contribution < -0.4 is 10.7 Å². The summed E-state index contributed by atoms with van der Waals surface area (Å²) in [6.07, 6.45) is 2.47. The zero-order valence-corrected chi connectivity index (χ0v) is 11.7. The molecule has 18 heavy (non-hydrogen) atoms. The second-order valence-corrected chi connectivity index (χ2v) is 6.75. The smallest absolute Gasteiger partial charge is 0.244 e. The number of hydrogen-bond acceptors (Lipinski definition) is 4. The maximum absolute atomic E-state index is 11.6. The molecule has 2 fully saturated rings. The number of nitrogens with one attached hydrogen (secondary N) is 2. The lowest BCUT2D eigenvalue weighted by Gasteiger charge is -2.47. The monoisotopic (exact) mass is 253 g/mol. The molecule has 2 aliphatic heterocycles. The molecule has 2 heterocycles. The van der Waals surface area contributed by atoms with Gasteiger partial charge in [0.2, 0.25) is 11.8 Å². The molecule has 5 nitrogen and oxygen atoms in total. The highest BCUT2D eigenvalue weighted by molar-refractivity contribution is 6.01. The highest BCUT2D eigenvalue weighted by Gasteiger charge is 2.40. The van der Waals surface area contributed by atoms with Gasteiger partial charge < -0.3 is 5.32 Å². The molecule has 2 amide bonds. The van der Waals surface area contributed by atoms with E-state index in [0.717, 1.165) is 12.8 Å². The lowest BCUT2D eigenvalue weighted by Crippen LogP contribution is -2.63. The summed E-state index contributed by atoms with van der Waals surface area (Å²) in [5, 5.41) is 4.81. The molecule has 2 N–H and O–H groups in total. The van der Waals surface area contributed by atoms with E-state index in [0.29, 0.717) is 12.8 Å². The summed E-state index contributed by atoms with van der Waals surface area (Å²) in [6, 6.07) is 0.155. The molecule has 0 aliphatic carbocycles. The summed E-state index contributed by atoms with van der Waals surface area (Å²) < 4.78 is 0. The first-order valence-corrected chi connectivity index (χ1v) is 6.60. The average molecular weight is 253 g/mol. The van der Waals surface area contributed by atoms with Crippen LogP contribution in [0.25, 0.3) is 0 Å². The molecule has 0 saturated carbocycles. The first kappa shape index (κ1) is 13.5. The largest absolute Gasteiger partial charge is 0.307 e. The highest BCUT2D eigenvalue weighted by Crippen LogP contribution is 2.29. The van der Waals surface area contributed by atoms with Crippen molar-refractivity contribution in [3.05, 3.63) is 0 Å². The van der Waals surface area contributed by atoms with Gasteiger partial charge in [0.15, 0.2) is 0 Å². The Morgan fingerprint density at radius 3 is 1.94 bits per heavy atom. The summed E-state index contributed by atoms with van der Waals surface area (Å²) in [6.45, 7) is 8.60. The van der Waals surface area contributed by atoms with E-state index in [-0.39, 0.29) is 28.9 Å². The van der Waals surface area contributed by atoms with Crippen LogP contribution in [0.2, 0.25) is 0 Å². The fourth-order valence-corrected chi connectivity index (χ4v) is 3.32. The Bertz CT molecular complexity index is 344. The maximum Gasteiger partial charge on any atom is 0.244 e. The number of carbonyl (C=O) groups is 2. The van der Waals surface area contributed by atoms with E-state index in [2.05, 4.69) is 38.4 Å². The summed E-state index contributed by atoms with van der Waals surface area (Å²) in [4.78, 5) is 23.2. The van der Waals surface area contributed by atoms with E-state index in [1.54, 1.807) is 0 Å². The number of rotatable bonds is 2. The number of hydrazine groups is 1. The van der Waals surface area contributed by atoms with Crippen LogP contribution in [-0.2, 0) is 9.59 Å². The average Bonchev–Trinajstić information content (AvgIpc) is 2.44. The van der Waals surface area contributed by atoms with Crippen LogP contribution in [0.15, 0.2) is 0 Å². The first-order chi connectivity index (χ1) is 8.19. The minimum Gasteiger partial charge on any atom is -0.307 e. The van der Waals surface area contributed by atoms with E-state index in [9.17, 15) is 9.59 Å². The normalized spacial score (nSPS) is 27.9. The molecular weight excluding hydrogens is 230 g/mol. The van der Waals surface area contributed by atoms with Crippen LogP contribution in [0.1, 0.15) is 53.4 Å². The minimum absolute atomic E-state index is 0.00519. The van der Waals surface area contributed by atoms with Crippen molar-refractivity contribution in [2.45, 2.75) is 70.5 Å². The van der Waals surface area contributed by atoms with Gasteiger partial charge in [0.1, 0.15) is 0 Å². The SMILES string of the molecule is CC1(C)CC(NN2C(=O)CCC2=O)CC(C)(C)N1. The van der Waals surface area contributed by atoms with E-state index in [4.69, 9.17) is 0 Å². The van der Waals surface area contributed by atoms with Crippen LogP contribution in [0.4, 0.5) is 0 Å². The zero-order valence-electron chi connectivity index (χ0n) is 11.7. The van der Waals surface area contributed by atoms with Crippen LogP contribution in [0, 0.1) is 0 Å². The van der Waals surface area contributed by atoms with E-state index in [1.807, 2.05) is 0 Å². The number of amides is 2. The van der Waals surface area contributed by atoms with Crippen molar-refractivity contribution in [2.75, 3.05) is 0 Å². The molecule has 0 spiro atoms. The van der Waals surface area contributed by atoms with Crippen LogP contribution >= 0.6 is 0 Å². The third-order valence-electron chi connectivity index (χ3n) is 3.55. The van der Waals surface area contributed by atoms with Crippen molar-refractivity contribution in [1.29, 1.82) is 0 Å². The molecule has 0 atom stereocenters. The van der Waals surface area contributed by atoms with Crippen LogP contribution in [-0.4, -0.2) is 33.9 Å². The Morgan fingerprint density at radius 1 is 1.06 bits per heavy atom. The van der Waals surface area contributed by atoms with E-state index in [1.165, 1.54) is 5.01 Å². The fraction of sp³-hybridized carbons (Fsp3) is 0.846. The van der Waals surface area contributed by atoms with Gasteiger partial charge in [0.25, 0.3) is 0 Å². The predicted octanol–water partition coefficient (Wildman–Crippen LogP) is 0.949. The van der Waals surface area contributed by atoms with Gasteiger partial charge in [-0.1, -0.05) is 0 Å². The Hall–Kier alpha value is -0.940. The Balaban J connectivity index is 2.05. The molecule has 102 valence electrons. The number of imide groups is 1. The molecule has 0 aromatic carbocycles. The third kappa shape index (κ3) is 2.90. The number of hydrogen-bond donors (Lipinski definition) is 2. The number of carbonyl (C=O) groups excluding carboxylic acids is 2. The molecular formula is C13H23N3O2. The van der Waals surface area contributed by atoms with Crippen molar-refractivity contribution in [2.24, 2.45) is 0 Å². The quantitative estimate of drug-likeness (QED) is 0.719. The Labute approximate surface area is 108 Å². The molecule has 5 heteroatoms. The lowest BCUT2D eigenvalue weighted by atomic mass is 9.80. The van der Waals surface area contributed by atoms with Crippen molar-refractivity contribution < 1.29 is 9.59 Å². The van der Waals surface area contributed by atoms with Gasteiger partial charge in [-0.25, -0.2) is 10.4 Å². The molecule has 2 saturated heterocycles. The van der Waals surface area contributed by atoms with Gasteiger partial charge in [-0.2, -0.15) is 0 Å². The molecule has 0 bridgehead atoms. The number of piperidine rings is 1. The molecule has 0 aromatic rings. The van der Waals surface area contributed by atoms with Crippen molar-refractivity contribution in [1.82, 2.24) is 15.8 Å². The topological polar surface area (TPSA) is 61.4 Å². The Morgan fingerprint density at radius 2 is 1.50 bits per heavy atom. The molecule has 0 aromatic heterocycles. The number of nitrogens with zero attached hydrogens (tertiary/aromatic N) is 1. The zero-order chi connectivity index (χ0) is 13.6. The van der Waals surface area contributed by atoms with Crippen molar-refractivity contribution >= 4 is 11.8 Å². The van der Waals surface area contributed by atoms with Gasteiger partial charge in [-0.05, 0) is 40.5 Å². The molecule has 2 aliphatic rings. The second kappa shape index (κ2) is 4.31. The van der Waals surface area contributed by atoms with E-state index >= 15 is 0 Å². The van der Waals surface area contributed by atoms with Gasteiger partial charge in [-0.3, -0.25) is 9.59 Å². The molecule has 0 radical (unpaired) electrons. The van der Waals surface area contributed by atoms with Crippen molar-refractivity contribution in [3.63, 3.8) is 0 Å². The summed E-state index contributed by atoms with van der Waals surface area (Å²) in [5.41, 5.74) is 3.13. The second-order valence-electron chi connectivity index (χ2n) is 6.75. The van der Waals surface area contributed by atoms with Gasteiger partial charge in [0, 0.05) is 30.0 Å². The maximum atomic E-state index is 11.6. The first-order valence-electron chi connectivity index (χ1n) is 6.60. The lowest BCUT2D eigenvalue weighted by molar-refractivity contribution is -0.143. The summed E-state index contributed by atoms with van der Waals surface area (Å²) in [5.74, 6) is -0.205. The predicted molar refractivity (Wildman–Crippen MR) is 68.5 cm³/mol. The summed E-state index contributed by atoms with van der Waals surface area (Å²) in [7, 11) is 0. The highest BCUT2D eigenvalue weighted by atomic mass is 16.2. The van der Waals surface area contributed by atoms with Crippen LogP contribution in [0.3, 0.4) is 0 Å². The summed E-state index contributed by atoms with van der Waals surface area (Å²) >= 11 is 0. The van der Waals surface area contributed by atoms with Crippen LogP contribution in [0.5, 0.6) is 0 Å². The molecule has 2 rings (SSSR count). The minimum atomic E-state index is -0.103. The van der Waals surface area contributed by atoms with E-state index < -0.39 is 0 Å². The van der Waals surface area contributed by atoms with Gasteiger partial charge in [-0.15, -0.1) is 0 Å². The molecule has 0 unspecified atom stereocenters. The van der Waals surface area contributed by atoms with Crippen molar-refractivity contribution in [3.8, 4) is 0 Å². The standard InChI is InChI=1S/C13H23N3O2/c1-12(2)7-9(8-13(3,4)15-12)14-16-10(17)5-6-11(16)18/h9,14-15H,5-8H2,1-4H3. The fourth-order valence-electron chi connectivity index (χ4n) is 3.32. The third-order valence-corrected chi connectivity index (χ3v) is 3.55.